The Morgan fingerprint density at radius 3 is 1.19 bits per heavy atom. The zero-order valence-electron chi connectivity index (χ0n) is 28.4. The molecule has 0 fully saturated rings. The van der Waals surface area contributed by atoms with Gasteiger partial charge in [0.2, 0.25) is 0 Å². The van der Waals surface area contributed by atoms with Gasteiger partial charge in [0.1, 0.15) is 23.0 Å². The third-order valence-corrected chi connectivity index (χ3v) is 8.05. The van der Waals surface area contributed by atoms with Crippen molar-refractivity contribution in [2.75, 3.05) is 5.75 Å². The number of phenols is 2. The standard InChI is InChI=1S/C35H51N3O4S/c1-14-15-16-43-31-37-29(41-21-17-23(32(2,3)4)27(39)24(18-21)33(5,6)7)36-30(38-31)42-22-19-25(34(8,9)10)28(40)26(20-22)35(11,12)13/h17-20,39-40H,14-16H2,1-13H3. The van der Waals surface area contributed by atoms with Crippen LogP contribution in [0.4, 0.5) is 0 Å². The number of ether oxygens (including phenoxy) is 2. The average molecular weight is 610 g/mol. The van der Waals surface area contributed by atoms with Crippen molar-refractivity contribution in [1.82, 2.24) is 15.0 Å². The van der Waals surface area contributed by atoms with E-state index in [0.29, 0.717) is 16.7 Å². The minimum Gasteiger partial charge on any atom is -0.507 e. The third-order valence-electron chi connectivity index (χ3n) is 7.12. The van der Waals surface area contributed by atoms with Gasteiger partial charge in [-0.3, -0.25) is 0 Å². The highest BCUT2D eigenvalue weighted by Gasteiger charge is 2.29. The molecular weight excluding hydrogens is 558 g/mol. The number of aromatic hydroxyl groups is 2. The summed E-state index contributed by atoms with van der Waals surface area (Å²) in [6.07, 6.45) is 2.08. The van der Waals surface area contributed by atoms with E-state index in [2.05, 4.69) is 105 Å². The average Bonchev–Trinajstić information content (AvgIpc) is 2.83. The number of thioether (sulfide) groups is 1. The van der Waals surface area contributed by atoms with E-state index in [1.807, 2.05) is 24.3 Å². The number of rotatable bonds is 8. The first-order valence-corrected chi connectivity index (χ1v) is 16.1. The van der Waals surface area contributed by atoms with Crippen LogP contribution in [0.3, 0.4) is 0 Å². The Hall–Kier alpha value is -3.00. The topological polar surface area (TPSA) is 97.6 Å². The quantitative estimate of drug-likeness (QED) is 0.192. The van der Waals surface area contributed by atoms with Gasteiger partial charge in [0.25, 0.3) is 0 Å². The van der Waals surface area contributed by atoms with Crippen molar-refractivity contribution in [3.05, 3.63) is 46.5 Å². The van der Waals surface area contributed by atoms with Crippen molar-refractivity contribution in [2.45, 2.75) is 130 Å². The number of unbranched alkanes of at least 4 members (excludes halogenated alkanes) is 1. The molecule has 0 atom stereocenters. The summed E-state index contributed by atoms with van der Waals surface area (Å²) >= 11 is 1.53. The Morgan fingerprint density at radius 1 is 0.581 bits per heavy atom. The SMILES string of the molecule is CCCCSc1nc(Oc2cc(C(C)(C)C)c(O)c(C(C)(C)C)c2)nc(Oc2cc(C(C)(C)C)c(O)c(C(C)(C)C)c2)n1. The van der Waals surface area contributed by atoms with Crippen LogP contribution in [0.1, 0.15) is 125 Å². The molecule has 3 aromatic rings. The molecule has 0 amide bonds. The Labute approximate surface area is 262 Å². The molecule has 8 heteroatoms. The summed E-state index contributed by atoms with van der Waals surface area (Å²) in [5, 5.41) is 22.8. The van der Waals surface area contributed by atoms with Crippen LogP contribution in [0.15, 0.2) is 29.4 Å². The lowest BCUT2D eigenvalue weighted by molar-refractivity contribution is 0.376. The van der Waals surface area contributed by atoms with Gasteiger partial charge < -0.3 is 19.7 Å². The highest BCUT2D eigenvalue weighted by molar-refractivity contribution is 7.99. The predicted octanol–water partition coefficient (Wildman–Crippen LogP) is 9.95. The second-order valence-electron chi connectivity index (χ2n) is 15.3. The highest BCUT2D eigenvalue weighted by Crippen LogP contribution is 2.44. The number of nitrogens with zero attached hydrogens (tertiary/aromatic N) is 3. The van der Waals surface area contributed by atoms with E-state index in [1.165, 1.54) is 11.8 Å². The molecule has 3 rings (SSSR count). The largest absolute Gasteiger partial charge is 0.507 e. The number of hydrogen-bond acceptors (Lipinski definition) is 8. The smallest absolute Gasteiger partial charge is 0.329 e. The Bertz CT molecular complexity index is 1270. The van der Waals surface area contributed by atoms with E-state index in [4.69, 9.17) is 9.47 Å². The molecule has 2 aromatic carbocycles. The fourth-order valence-corrected chi connectivity index (χ4v) is 5.52. The van der Waals surface area contributed by atoms with E-state index in [1.54, 1.807) is 0 Å². The van der Waals surface area contributed by atoms with Gasteiger partial charge in [-0.2, -0.15) is 9.97 Å². The number of hydrogen-bond donors (Lipinski definition) is 2. The summed E-state index contributed by atoms with van der Waals surface area (Å²) in [6, 6.07) is 7.63. The Morgan fingerprint density at radius 2 is 0.907 bits per heavy atom. The molecule has 236 valence electrons. The van der Waals surface area contributed by atoms with Crippen molar-refractivity contribution >= 4 is 11.8 Å². The second-order valence-corrected chi connectivity index (χ2v) is 16.4. The van der Waals surface area contributed by atoms with Gasteiger partial charge in [-0.15, -0.1) is 4.98 Å². The van der Waals surface area contributed by atoms with Gasteiger partial charge in [-0.25, -0.2) is 0 Å². The first-order valence-electron chi connectivity index (χ1n) is 15.1. The van der Waals surface area contributed by atoms with E-state index in [-0.39, 0.29) is 45.2 Å². The van der Waals surface area contributed by atoms with E-state index in [0.717, 1.165) is 40.8 Å². The molecule has 43 heavy (non-hydrogen) atoms. The molecule has 0 aliphatic carbocycles. The predicted molar refractivity (Wildman–Crippen MR) is 177 cm³/mol. The van der Waals surface area contributed by atoms with Gasteiger partial charge in [-0.05, 0) is 52.3 Å². The van der Waals surface area contributed by atoms with Crippen molar-refractivity contribution in [2.24, 2.45) is 0 Å². The van der Waals surface area contributed by atoms with Crippen LogP contribution in [0.2, 0.25) is 0 Å². The minimum absolute atomic E-state index is 0.111. The number of aromatic nitrogens is 3. The maximum absolute atomic E-state index is 11.2. The van der Waals surface area contributed by atoms with Gasteiger partial charge >= 0.3 is 12.0 Å². The molecule has 0 aliphatic heterocycles. The van der Waals surface area contributed by atoms with E-state index in [9.17, 15) is 10.2 Å². The van der Waals surface area contributed by atoms with E-state index < -0.39 is 0 Å². The van der Waals surface area contributed by atoms with Crippen LogP contribution in [-0.4, -0.2) is 30.9 Å². The Balaban J connectivity index is 2.14. The lowest BCUT2D eigenvalue weighted by Crippen LogP contribution is -2.17. The fourth-order valence-electron chi connectivity index (χ4n) is 4.62. The van der Waals surface area contributed by atoms with Crippen LogP contribution in [0.5, 0.6) is 35.0 Å². The molecular formula is C35H51N3O4S. The first kappa shape index (κ1) is 34.5. The lowest BCUT2D eigenvalue weighted by Gasteiger charge is -2.28. The lowest BCUT2D eigenvalue weighted by atomic mass is 9.79. The highest BCUT2D eigenvalue weighted by atomic mass is 32.2. The molecule has 0 aliphatic rings. The van der Waals surface area contributed by atoms with Crippen LogP contribution < -0.4 is 9.47 Å². The molecule has 2 N–H and O–H groups in total. The molecule has 0 saturated heterocycles. The maximum Gasteiger partial charge on any atom is 0.329 e. The zero-order chi connectivity index (χ0) is 32.5. The number of phenolic OH excluding ortho intramolecular Hbond substituents is 2. The summed E-state index contributed by atoms with van der Waals surface area (Å²) in [6.45, 7) is 26.9. The van der Waals surface area contributed by atoms with Gasteiger partial charge in [0.05, 0.1) is 0 Å². The molecule has 7 nitrogen and oxygen atoms in total. The molecule has 0 spiro atoms. The maximum atomic E-state index is 11.2. The molecule has 1 heterocycles. The molecule has 0 radical (unpaired) electrons. The van der Waals surface area contributed by atoms with E-state index >= 15 is 0 Å². The van der Waals surface area contributed by atoms with Gasteiger partial charge in [-0.1, -0.05) is 108 Å². The van der Waals surface area contributed by atoms with Crippen LogP contribution in [-0.2, 0) is 21.7 Å². The van der Waals surface area contributed by atoms with Crippen molar-refractivity contribution in [3.8, 4) is 35.0 Å². The van der Waals surface area contributed by atoms with Crippen molar-refractivity contribution in [1.29, 1.82) is 0 Å². The molecule has 0 saturated carbocycles. The summed E-state index contributed by atoms with van der Waals surface area (Å²) < 4.78 is 12.6. The van der Waals surface area contributed by atoms with Gasteiger partial charge in [0, 0.05) is 28.0 Å². The van der Waals surface area contributed by atoms with Crippen molar-refractivity contribution in [3.63, 3.8) is 0 Å². The zero-order valence-corrected chi connectivity index (χ0v) is 29.2. The van der Waals surface area contributed by atoms with Gasteiger partial charge in [0.15, 0.2) is 5.16 Å². The summed E-state index contributed by atoms with van der Waals surface area (Å²) in [7, 11) is 0. The van der Waals surface area contributed by atoms with Crippen LogP contribution in [0.25, 0.3) is 0 Å². The summed E-state index contributed by atoms with van der Waals surface area (Å²) in [5.41, 5.74) is 1.88. The normalized spacial score (nSPS) is 12.9. The van der Waals surface area contributed by atoms with Crippen LogP contribution >= 0.6 is 11.8 Å². The Kier molecular flexibility index (Phi) is 10.1. The first-order chi connectivity index (χ1) is 19.6. The van der Waals surface area contributed by atoms with Crippen LogP contribution in [0, 0.1) is 0 Å². The fraction of sp³-hybridized carbons (Fsp3) is 0.571. The third kappa shape index (κ3) is 8.78. The molecule has 0 bridgehead atoms. The second kappa shape index (κ2) is 12.5. The summed E-state index contributed by atoms with van der Waals surface area (Å²) in [4.78, 5) is 13.8. The monoisotopic (exact) mass is 609 g/mol. The summed E-state index contributed by atoms with van der Waals surface area (Å²) in [5.74, 6) is 2.47. The molecule has 0 unspecified atom stereocenters. The number of benzene rings is 2. The molecule has 1 aromatic heterocycles. The minimum atomic E-state index is -0.313. The van der Waals surface area contributed by atoms with Crippen molar-refractivity contribution < 1.29 is 19.7 Å².